The minimum absolute atomic E-state index is 0.426. The van der Waals surface area contributed by atoms with E-state index in [4.69, 9.17) is 0 Å². The molecule has 1 N–H and O–H groups in total. The highest BCUT2D eigenvalue weighted by Crippen LogP contribution is 2.30. The Hall–Kier alpha value is -1.67. The monoisotopic (exact) mass is 215 g/mol. The van der Waals surface area contributed by atoms with Gasteiger partial charge in [0.1, 0.15) is 5.82 Å². The standard InChI is InChI=1S/C14H12FO/c1-10(16)12-8-5-9-13(15)14(12)11-6-3-2-4-7-11/h2-8,10,16H,1H3. The fraction of sp³-hybridized carbons (Fsp3) is 0.143. The smallest absolute Gasteiger partial charge is 0.139 e. The third-order valence-electron chi connectivity index (χ3n) is 2.49. The van der Waals surface area contributed by atoms with E-state index in [9.17, 15) is 9.50 Å². The maximum atomic E-state index is 13.7. The molecular formula is C14H12FO. The summed E-state index contributed by atoms with van der Waals surface area (Å²) in [5.74, 6) is -0.426. The second-order valence-corrected chi connectivity index (χ2v) is 3.66. The summed E-state index contributed by atoms with van der Waals surface area (Å²) in [6.45, 7) is 1.63. The zero-order chi connectivity index (χ0) is 11.5. The second-order valence-electron chi connectivity index (χ2n) is 3.66. The fourth-order valence-electron chi connectivity index (χ4n) is 1.73. The van der Waals surface area contributed by atoms with E-state index >= 15 is 0 Å². The van der Waals surface area contributed by atoms with Gasteiger partial charge in [-0.25, -0.2) is 4.39 Å². The van der Waals surface area contributed by atoms with Gasteiger partial charge in [-0.3, -0.25) is 0 Å². The van der Waals surface area contributed by atoms with Crippen molar-refractivity contribution in [3.8, 4) is 11.1 Å². The van der Waals surface area contributed by atoms with E-state index in [1.807, 2.05) is 30.3 Å². The molecule has 0 saturated heterocycles. The van der Waals surface area contributed by atoms with Gasteiger partial charge in [-0.15, -0.1) is 0 Å². The number of halogens is 1. The van der Waals surface area contributed by atoms with E-state index in [-0.39, 0.29) is 0 Å². The highest BCUT2D eigenvalue weighted by atomic mass is 19.1. The van der Waals surface area contributed by atoms with Gasteiger partial charge in [-0.2, -0.15) is 0 Å². The average molecular weight is 215 g/mol. The normalized spacial score (nSPS) is 12.4. The minimum atomic E-state index is -0.695. The molecule has 0 heterocycles. The van der Waals surface area contributed by atoms with Gasteiger partial charge >= 0.3 is 0 Å². The van der Waals surface area contributed by atoms with Crippen LogP contribution in [0, 0.1) is 11.9 Å². The van der Waals surface area contributed by atoms with Crippen LogP contribution in [0.25, 0.3) is 11.1 Å². The summed E-state index contributed by atoms with van der Waals surface area (Å²) in [7, 11) is 0. The van der Waals surface area contributed by atoms with Crippen LogP contribution in [0.2, 0.25) is 0 Å². The molecule has 1 atom stereocenters. The minimum Gasteiger partial charge on any atom is -0.389 e. The lowest BCUT2D eigenvalue weighted by atomic mass is 9.96. The number of hydrogen-bond donors (Lipinski definition) is 1. The molecule has 1 unspecified atom stereocenters. The fourth-order valence-corrected chi connectivity index (χ4v) is 1.73. The second kappa shape index (κ2) is 4.45. The van der Waals surface area contributed by atoms with E-state index in [1.165, 1.54) is 6.07 Å². The van der Waals surface area contributed by atoms with Gasteiger partial charge in [0.2, 0.25) is 0 Å². The SMILES string of the molecule is CC(O)c1cc[c]c(F)c1-c1ccccc1. The predicted molar refractivity (Wildman–Crippen MR) is 61.3 cm³/mol. The van der Waals surface area contributed by atoms with Crippen LogP contribution >= 0.6 is 0 Å². The summed E-state index contributed by atoms with van der Waals surface area (Å²) in [6.07, 6.45) is -0.695. The van der Waals surface area contributed by atoms with Crippen LogP contribution in [0.5, 0.6) is 0 Å². The van der Waals surface area contributed by atoms with Crippen LogP contribution < -0.4 is 0 Å². The Morgan fingerprint density at radius 3 is 2.50 bits per heavy atom. The Kier molecular flexibility index (Phi) is 3.02. The van der Waals surface area contributed by atoms with Crippen molar-refractivity contribution in [2.75, 3.05) is 0 Å². The zero-order valence-corrected chi connectivity index (χ0v) is 8.94. The predicted octanol–water partition coefficient (Wildman–Crippen LogP) is 3.35. The quantitative estimate of drug-likeness (QED) is 0.814. The topological polar surface area (TPSA) is 20.2 Å². The van der Waals surface area contributed by atoms with E-state index in [2.05, 4.69) is 6.07 Å². The van der Waals surface area contributed by atoms with Crippen LogP contribution in [0.1, 0.15) is 18.6 Å². The summed E-state index contributed by atoms with van der Waals surface area (Å²) < 4.78 is 13.7. The average Bonchev–Trinajstić information content (AvgIpc) is 2.29. The Balaban J connectivity index is 2.64. The molecule has 16 heavy (non-hydrogen) atoms. The van der Waals surface area contributed by atoms with Crippen molar-refractivity contribution in [1.82, 2.24) is 0 Å². The molecule has 1 nitrogen and oxygen atoms in total. The third-order valence-corrected chi connectivity index (χ3v) is 2.49. The maximum Gasteiger partial charge on any atom is 0.139 e. The lowest BCUT2D eigenvalue weighted by Gasteiger charge is -2.12. The molecule has 2 aromatic carbocycles. The molecule has 1 radical (unpaired) electrons. The molecule has 0 amide bonds. The molecule has 0 fully saturated rings. The van der Waals surface area contributed by atoms with Gasteiger partial charge < -0.3 is 5.11 Å². The van der Waals surface area contributed by atoms with Crippen LogP contribution in [-0.4, -0.2) is 5.11 Å². The molecule has 2 rings (SSSR count). The van der Waals surface area contributed by atoms with E-state index in [1.54, 1.807) is 13.0 Å². The number of aliphatic hydroxyl groups excluding tert-OH is 1. The number of benzene rings is 2. The number of hydrogen-bond acceptors (Lipinski definition) is 1. The van der Waals surface area contributed by atoms with Crippen LogP contribution in [0.4, 0.5) is 4.39 Å². The van der Waals surface area contributed by atoms with E-state index in [0.717, 1.165) is 5.56 Å². The van der Waals surface area contributed by atoms with Gasteiger partial charge in [0.05, 0.1) is 6.10 Å². The number of aliphatic hydroxyl groups is 1. The molecule has 0 bridgehead atoms. The Morgan fingerprint density at radius 2 is 1.88 bits per heavy atom. The number of rotatable bonds is 2. The molecule has 2 aromatic rings. The Morgan fingerprint density at radius 1 is 1.19 bits per heavy atom. The van der Waals surface area contributed by atoms with Gasteiger partial charge in [0.25, 0.3) is 0 Å². The van der Waals surface area contributed by atoms with E-state index < -0.39 is 11.9 Å². The first-order valence-corrected chi connectivity index (χ1v) is 5.13. The van der Waals surface area contributed by atoms with Crippen molar-refractivity contribution in [1.29, 1.82) is 0 Å². The zero-order valence-electron chi connectivity index (χ0n) is 8.94. The summed E-state index contributed by atoms with van der Waals surface area (Å²) >= 11 is 0. The molecule has 2 heteroatoms. The largest absolute Gasteiger partial charge is 0.389 e. The summed E-state index contributed by atoms with van der Waals surface area (Å²) in [5.41, 5.74) is 1.77. The molecule has 0 aliphatic rings. The highest BCUT2D eigenvalue weighted by molar-refractivity contribution is 5.68. The summed E-state index contributed by atoms with van der Waals surface area (Å²) in [4.78, 5) is 0. The summed E-state index contributed by atoms with van der Waals surface area (Å²) in [6, 6.07) is 14.9. The first-order chi connectivity index (χ1) is 7.70. The van der Waals surface area contributed by atoms with E-state index in [0.29, 0.717) is 11.1 Å². The van der Waals surface area contributed by atoms with Crippen molar-refractivity contribution in [3.05, 3.63) is 59.9 Å². The lowest BCUT2D eigenvalue weighted by molar-refractivity contribution is 0.199. The molecule has 81 valence electrons. The van der Waals surface area contributed by atoms with Crippen molar-refractivity contribution in [2.24, 2.45) is 0 Å². The highest BCUT2D eigenvalue weighted by Gasteiger charge is 2.13. The van der Waals surface area contributed by atoms with Gasteiger partial charge in [0.15, 0.2) is 0 Å². The van der Waals surface area contributed by atoms with Crippen molar-refractivity contribution >= 4 is 0 Å². The van der Waals surface area contributed by atoms with Gasteiger partial charge in [-0.05, 0) is 18.1 Å². The Bertz CT molecular complexity index is 477. The molecule has 0 spiro atoms. The van der Waals surface area contributed by atoms with Crippen molar-refractivity contribution in [3.63, 3.8) is 0 Å². The maximum absolute atomic E-state index is 13.7. The molecule has 0 aromatic heterocycles. The molecule has 0 aliphatic heterocycles. The lowest BCUT2D eigenvalue weighted by Crippen LogP contribution is -1.97. The van der Waals surface area contributed by atoms with Gasteiger partial charge in [-0.1, -0.05) is 42.5 Å². The molecular weight excluding hydrogens is 203 g/mol. The summed E-state index contributed by atoms with van der Waals surface area (Å²) in [5, 5.41) is 9.61. The van der Waals surface area contributed by atoms with Crippen molar-refractivity contribution in [2.45, 2.75) is 13.0 Å². The molecule has 0 saturated carbocycles. The van der Waals surface area contributed by atoms with Crippen LogP contribution in [0.15, 0.2) is 42.5 Å². The first-order valence-electron chi connectivity index (χ1n) is 5.13. The van der Waals surface area contributed by atoms with Crippen LogP contribution in [-0.2, 0) is 0 Å². The first kappa shape index (κ1) is 10.8. The molecule has 0 aliphatic carbocycles. The third kappa shape index (κ3) is 1.97. The van der Waals surface area contributed by atoms with Crippen molar-refractivity contribution < 1.29 is 9.50 Å². The van der Waals surface area contributed by atoms with Crippen LogP contribution in [0.3, 0.4) is 0 Å². The Labute approximate surface area is 94.2 Å². The van der Waals surface area contributed by atoms with Gasteiger partial charge in [0, 0.05) is 11.6 Å².